The minimum absolute atomic E-state index is 0. The van der Waals surface area contributed by atoms with Crippen molar-refractivity contribution in [2.45, 2.75) is 19.6 Å². The van der Waals surface area contributed by atoms with Crippen LogP contribution in [0.4, 0.5) is 0 Å². The number of hydrogen-bond donors (Lipinski definition) is 2. The van der Waals surface area contributed by atoms with Gasteiger partial charge in [0, 0.05) is 6.54 Å². The van der Waals surface area contributed by atoms with Crippen LogP contribution >= 0.6 is 0 Å². The van der Waals surface area contributed by atoms with Crippen molar-refractivity contribution in [1.82, 2.24) is 11.5 Å². The van der Waals surface area contributed by atoms with Crippen molar-refractivity contribution in [2.24, 2.45) is 0 Å². The quantitative estimate of drug-likeness (QED) is 0.487. The van der Waals surface area contributed by atoms with Crippen LogP contribution in [0.15, 0.2) is 0 Å². The molecular weight excluding hydrogens is 104 g/mol. The van der Waals surface area contributed by atoms with Crippen molar-refractivity contribution in [1.29, 1.82) is 0 Å². The zero-order valence-electron chi connectivity index (χ0n) is 5.53. The van der Waals surface area contributed by atoms with E-state index in [1.165, 1.54) is 0 Å². The molecule has 1 saturated heterocycles. The molecular formula is C5H14N2O. The van der Waals surface area contributed by atoms with Gasteiger partial charge in [0.25, 0.3) is 0 Å². The van der Waals surface area contributed by atoms with Gasteiger partial charge in [-0.15, -0.1) is 0 Å². The van der Waals surface area contributed by atoms with Crippen LogP contribution in [0.3, 0.4) is 0 Å². The van der Waals surface area contributed by atoms with Gasteiger partial charge < -0.3 is 10.9 Å². The van der Waals surface area contributed by atoms with E-state index in [1.54, 1.807) is 0 Å². The molecule has 0 amide bonds. The van der Waals surface area contributed by atoms with E-state index in [2.05, 4.69) is 5.32 Å². The third-order valence-electron chi connectivity index (χ3n) is 1.12. The van der Waals surface area contributed by atoms with Gasteiger partial charge in [0.2, 0.25) is 0 Å². The molecule has 3 nitrogen and oxygen atoms in total. The summed E-state index contributed by atoms with van der Waals surface area (Å²) < 4.78 is 5.23. The Bertz CT molecular complexity index is 64.8. The van der Waals surface area contributed by atoms with Crippen LogP contribution in [0, 0.1) is 0 Å². The minimum atomic E-state index is -0.0556. The van der Waals surface area contributed by atoms with Crippen molar-refractivity contribution in [3.05, 3.63) is 0 Å². The first-order chi connectivity index (χ1) is 3.21. The Balaban J connectivity index is 0.000000490. The molecule has 1 rings (SSSR count). The summed E-state index contributed by atoms with van der Waals surface area (Å²) in [5.74, 6) is 0. The normalized spacial score (nSPS) is 24.8. The highest BCUT2D eigenvalue weighted by Crippen LogP contribution is 2.07. The summed E-state index contributed by atoms with van der Waals surface area (Å²) in [5, 5.41) is 3.17. The topological polar surface area (TPSA) is 56.3 Å². The van der Waals surface area contributed by atoms with E-state index in [1.807, 2.05) is 13.8 Å². The number of hydrogen-bond acceptors (Lipinski definition) is 3. The molecule has 0 bridgehead atoms. The number of rotatable bonds is 0. The van der Waals surface area contributed by atoms with E-state index < -0.39 is 0 Å². The Labute approximate surface area is 50.0 Å². The van der Waals surface area contributed by atoms with Crippen molar-refractivity contribution in [3.8, 4) is 0 Å². The number of ether oxygens (including phenoxy) is 1. The van der Waals surface area contributed by atoms with Gasteiger partial charge in [0.1, 0.15) is 5.72 Å². The van der Waals surface area contributed by atoms with Crippen molar-refractivity contribution >= 4 is 0 Å². The molecule has 0 radical (unpaired) electrons. The Morgan fingerprint density at radius 3 is 2.25 bits per heavy atom. The SMILES string of the molecule is CC1(C)NCCO1.N. The summed E-state index contributed by atoms with van der Waals surface area (Å²) in [6.45, 7) is 5.90. The van der Waals surface area contributed by atoms with Gasteiger partial charge in [-0.05, 0) is 13.8 Å². The van der Waals surface area contributed by atoms with Crippen LogP contribution in [-0.2, 0) is 4.74 Å². The van der Waals surface area contributed by atoms with Gasteiger partial charge >= 0.3 is 0 Å². The van der Waals surface area contributed by atoms with E-state index in [4.69, 9.17) is 4.74 Å². The first-order valence-corrected chi connectivity index (χ1v) is 2.60. The van der Waals surface area contributed by atoms with Gasteiger partial charge in [-0.3, -0.25) is 5.32 Å². The summed E-state index contributed by atoms with van der Waals surface area (Å²) >= 11 is 0. The van der Waals surface area contributed by atoms with Crippen molar-refractivity contribution in [2.75, 3.05) is 13.2 Å². The maximum Gasteiger partial charge on any atom is 0.113 e. The summed E-state index contributed by atoms with van der Waals surface area (Å²) in [6.07, 6.45) is 0. The highest BCUT2D eigenvalue weighted by atomic mass is 16.5. The van der Waals surface area contributed by atoms with Crippen LogP contribution in [0.25, 0.3) is 0 Å². The Hall–Kier alpha value is -0.120. The van der Waals surface area contributed by atoms with E-state index in [-0.39, 0.29) is 11.9 Å². The molecule has 0 saturated carbocycles. The molecule has 1 aliphatic rings. The summed E-state index contributed by atoms with van der Waals surface area (Å²) in [5.41, 5.74) is -0.0556. The lowest BCUT2D eigenvalue weighted by Gasteiger charge is -2.15. The molecule has 4 N–H and O–H groups in total. The van der Waals surface area contributed by atoms with E-state index in [0.717, 1.165) is 13.2 Å². The molecule has 50 valence electrons. The second-order valence-electron chi connectivity index (χ2n) is 2.29. The molecule has 1 aliphatic heterocycles. The largest absolute Gasteiger partial charge is 0.360 e. The maximum atomic E-state index is 5.23. The molecule has 0 spiro atoms. The molecule has 8 heavy (non-hydrogen) atoms. The average Bonchev–Trinajstić information content (AvgIpc) is 1.84. The van der Waals surface area contributed by atoms with Gasteiger partial charge in [0.05, 0.1) is 6.61 Å². The zero-order chi connectivity index (χ0) is 5.33. The highest BCUT2D eigenvalue weighted by Gasteiger charge is 2.21. The lowest BCUT2D eigenvalue weighted by molar-refractivity contribution is 0.0233. The van der Waals surface area contributed by atoms with Gasteiger partial charge in [-0.25, -0.2) is 0 Å². The molecule has 0 aromatic carbocycles. The monoisotopic (exact) mass is 118 g/mol. The van der Waals surface area contributed by atoms with E-state index >= 15 is 0 Å². The summed E-state index contributed by atoms with van der Waals surface area (Å²) in [6, 6.07) is 0. The van der Waals surface area contributed by atoms with Gasteiger partial charge in [0.15, 0.2) is 0 Å². The standard InChI is InChI=1S/C5H11NO.H3N/c1-5(2)6-3-4-7-5;/h6H,3-4H2,1-2H3;1H3. The zero-order valence-corrected chi connectivity index (χ0v) is 5.53. The fourth-order valence-electron chi connectivity index (χ4n) is 0.709. The fourth-order valence-corrected chi connectivity index (χ4v) is 0.709. The highest BCUT2D eigenvalue weighted by molar-refractivity contribution is 4.70. The van der Waals surface area contributed by atoms with Crippen LogP contribution in [0.5, 0.6) is 0 Å². The third-order valence-corrected chi connectivity index (χ3v) is 1.12. The van der Waals surface area contributed by atoms with Crippen LogP contribution in [0.2, 0.25) is 0 Å². The fraction of sp³-hybridized carbons (Fsp3) is 1.00. The molecule has 0 aromatic heterocycles. The Kier molecular flexibility index (Phi) is 2.40. The molecule has 0 unspecified atom stereocenters. The average molecular weight is 118 g/mol. The molecule has 0 aromatic rings. The Morgan fingerprint density at radius 1 is 1.50 bits per heavy atom. The third kappa shape index (κ3) is 1.78. The second-order valence-corrected chi connectivity index (χ2v) is 2.29. The molecule has 1 heterocycles. The predicted octanol–water partition coefficient (Wildman–Crippen LogP) is 0.504. The second kappa shape index (κ2) is 2.44. The van der Waals surface area contributed by atoms with Gasteiger partial charge in [-0.2, -0.15) is 0 Å². The molecule has 3 heteroatoms. The van der Waals surface area contributed by atoms with E-state index in [0.29, 0.717) is 0 Å². The lowest BCUT2D eigenvalue weighted by Crippen LogP contribution is -2.33. The van der Waals surface area contributed by atoms with Crippen molar-refractivity contribution in [3.63, 3.8) is 0 Å². The Morgan fingerprint density at radius 2 is 2.12 bits per heavy atom. The molecule has 0 aliphatic carbocycles. The smallest absolute Gasteiger partial charge is 0.113 e. The lowest BCUT2D eigenvalue weighted by atomic mass is 10.3. The summed E-state index contributed by atoms with van der Waals surface area (Å²) in [7, 11) is 0. The van der Waals surface area contributed by atoms with Crippen LogP contribution in [-0.4, -0.2) is 18.9 Å². The minimum Gasteiger partial charge on any atom is -0.360 e. The number of nitrogens with one attached hydrogen (secondary N) is 1. The van der Waals surface area contributed by atoms with Crippen LogP contribution in [0.1, 0.15) is 13.8 Å². The first kappa shape index (κ1) is 7.88. The van der Waals surface area contributed by atoms with Crippen molar-refractivity contribution < 1.29 is 4.74 Å². The molecule has 1 fully saturated rings. The van der Waals surface area contributed by atoms with E-state index in [9.17, 15) is 0 Å². The van der Waals surface area contributed by atoms with Gasteiger partial charge in [-0.1, -0.05) is 0 Å². The summed E-state index contributed by atoms with van der Waals surface area (Å²) in [4.78, 5) is 0. The maximum absolute atomic E-state index is 5.23. The molecule has 0 atom stereocenters. The van der Waals surface area contributed by atoms with Crippen LogP contribution < -0.4 is 11.5 Å². The first-order valence-electron chi connectivity index (χ1n) is 2.60. The predicted molar refractivity (Wildman–Crippen MR) is 33.1 cm³/mol.